The van der Waals surface area contributed by atoms with E-state index in [9.17, 15) is 13.2 Å². The van der Waals surface area contributed by atoms with Gasteiger partial charge in [-0.05, 0) is 51.6 Å². The lowest BCUT2D eigenvalue weighted by atomic mass is 10.2. The Kier molecular flexibility index (Phi) is 5.17. The van der Waals surface area contributed by atoms with Crippen LogP contribution in [0.1, 0.15) is 16.1 Å². The molecule has 0 bridgehead atoms. The summed E-state index contributed by atoms with van der Waals surface area (Å²) in [6, 6.07) is 14.3. The first kappa shape index (κ1) is 18.6. The molecule has 136 valence electrons. The van der Waals surface area contributed by atoms with Crippen LogP contribution in [-0.4, -0.2) is 37.7 Å². The van der Waals surface area contributed by atoms with Crippen LogP contribution >= 0.6 is 15.9 Å². The minimum absolute atomic E-state index is 0.0563. The number of rotatable bonds is 5. The number of amides is 1. The molecule has 0 saturated heterocycles. The molecule has 1 heterocycles. The molecule has 0 unspecified atom stereocenters. The fraction of sp³-hybridized carbons (Fsp3) is 0.167. The second kappa shape index (κ2) is 7.22. The maximum absolute atomic E-state index is 12.4. The number of nitrogens with one attached hydrogen (secondary N) is 2. The van der Waals surface area contributed by atoms with E-state index in [4.69, 9.17) is 0 Å². The first-order chi connectivity index (χ1) is 12.3. The molecule has 0 fully saturated rings. The standard InChI is InChI=1S/C18H18BrN3O3S/c1-22(2)26(24,25)17-10-13(7-8-15(17)19)18(23)20-11-14-9-12-5-3-4-6-16(12)21-14/h3-10,21H,11H2,1-2H3,(H,20,23). The number of benzene rings is 2. The first-order valence-corrected chi connectivity index (χ1v) is 10.1. The molecule has 2 N–H and O–H groups in total. The van der Waals surface area contributed by atoms with Gasteiger partial charge in [0, 0.05) is 35.3 Å². The van der Waals surface area contributed by atoms with Gasteiger partial charge in [0.15, 0.2) is 0 Å². The van der Waals surface area contributed by atoms with E-state index in [1.165, 1.54) is 20.2 Å². The molecule has 1 amide bonds. The highest BCUT2D eigenvalue weighted by Gasteiger charge is 2.22. The summed E-state index contributed by atoms with van der Waals surface area (Å²) in [5.74, 6) is -0.341. The number of halogens is 1. The third-order valence-corrected chi connectivity index (χ3v) is 6.79. The number of H-pyrrole nitrogens is 1. The van der Waals surface area contributed by atoms with Gasteiger partial charge in [-0.25, -0.2) is 12.7 Å². The van der Waals surface area contributed by atoms with Gasteiger partial charge in [-0.3, -0.25) is 4.79 Å². The van der Waals surface area contributed by atoms with E-state index in [-0.39, 0.29) is 16.4 Å². The van der Waals surface area contributed by atoms with Gasteiger partial charge in [0.05, 0.1) is 11.4 Å². The third-order valence-electron chi connectivity index (χ3n) is 3.98. The molecule has 0 atom stereocenters. The van der Waals surface area contributed by atoms with Crippen LogP contribution in [0.3, 0.4) is 0 Å². The minimum Gasteiger partial charge on any atom is -0.357 e. The van der Waals surface area contributed by atoms with Crippen molar-refractivity contribution < 1.29 is 13.2 Å². The summed E-state index contributed by atoms with van der Waals surface area (Å²) in [6.07, 6.45) is 0. The smallest absolute Gasteiger partial charge is 0.251 e. The van der Waals surface area contributed by atoms with Gasteiger partial charge in [-0.1, -0.05) is 18.2 Å². The summed E-state index contributed by atoms with van der Waals surface area (Å²) >= 11 is 3.24. The van der Waals surface area contributed by atoms with Crippen LogP contribution < -0.4 is 5.32 Å². The van der Waals surface area contributed by atoms with Crippen molar-refractivity contribution in [1.29, 1.82) is 0 Å². The molecule has 0 aliphatic rings. The maximum atomic E-state index is 12.4. The second-order valence-corrected chi connectivity index (χ2v) is 8.97. The molecular formula is C18H18BrN3O3S. The molecule has 0 aliphatic carbocycles. The molecular weight excluding hydrogens is 418 g/mol. The van der Waals surface area contributed by atoms with Crippen LogP contribution in [0.2, 0.25) is 0 Å². The Morgan fingerprint density at radius 3 is 2.58 bits per heavy atom. The van der Waals surface area contributed by atoms with Crippen molar-refractivity contribution in [2.45, 2.75) is 11.4 Å². The maximum Gasteiger partial charge on any atom is 0.251 e. The largest absolute Gasteiger partial charge is 0.357 e. The highest BCUT2D eigenvalue weighted by atomic mass is 79.9. The van der Waals surface area contributed by atoms with Crippen molar-refractivity contribution in [2.24, 2.45) is 0 Å². The van der Waals surface area contributed by atoms with Gasteiger partial charge >= 0.3 is 0 Å². The fourth-order valence-electron chi connectivity index (χ4n) is 2.55. The molecule has 0 spiro atoms. The number of carbonyl (C=O) groups excluding carboxylic acids is 1. The molecule has 8 heteroatoms. The summed E-state index contributed by atoms with van der Waals surface area (Å²) in [6.45, 7) is 0.319. The number of sulfonamides is 1. The fourth-order valence-corrected chi connectivity index (χ4v) is 4.39. The molecule has 2 aromatic carbocycles. The molecule has 0 aliphatic heterocycles. The topological polar surface area (TPSA) is 82.3 Å². The summed E-state index contributed by atoms with van der Waals surface area (Å²) in [4.78, 5) is 15.7. The summed E-state index contributed by atoms with van der Waals surface area (Å²) in [5.41, 5.74) is 2.15. The van der Waals surface area contributed by atoms with Crippen LogP contribution in [-0.2, 0) is 16.6 Å². The Labute approximate surface area is 160 Å². The van der Waals surface area contributed by atoms with E-state index in [2.05, 4.69) is 26.2 Å². The van der Waals surface area contributed by atoms with Crippen LogP contribution in [0, 0.1) is 0 Å². The lowest BCUT2D eigenvalue weighted by molar-refractivity contribution is 0.0950. The number of hydrogen-bond acceptors (Lipinski definition) is 3. The highest BCUT2D eigenvalue weighted by Crippen LogP contribution is 2.25. The third kappa shape index (κ3) is 3.67. The number of aromatic amines is 1. The van der Waals surface area contributed by atoms with Gasteiger partial charge in [-0.2, -0.15) is 0 Å². The molecule has 1 aromatic heterocycles. The van der Waals surface area contributed by atoms with Crippen molar-refractivity contribution in [2.75, 3.05) is 14.1 Å². The zero-order chi connectivity index (χ0) is 18.9. The van der Waals surface area contributed by atoms with E-state index in [0.29, 0.717) is 11.0 Å². The SMILES string of the molecule is CN(C)S(=O)(=O)c1cc(C(=O)NCc2cc3ccccc3[nH]2)ccc1Br. The normalized spacial score (nSPS) is 11.8. The quantitative estimate of drug-likeness (QED) is 0.645. The molecule has 3 rings (SSSR count). The van der Waals surface area contributed by atoms with Crippen molar-refractivity contribution >= 4 is 42.8 Å². The zero-order valence-electron chi connectivity index (χ0n) is 14.3. The monoisotopic (exact) mass is 435 g/mol. The number of carbonyl (C=O) groups is 1. The Morgan fingerprint density at radius 2 is 1.88 bits per heavy atom. The predicted octanol–water partition coefficient (Wildman–Crippen LogP) is 3.11. The number of para-hydroxylation sites is 1. The van der Waals surface area contributed by atoms with Gasteiger partial charge in [-0.15, -0.1) is 0 Å². The number of fused-ring (bicyclic) bond motifs is 1. The molecule has 3 aromatic rings. The number of hydrogen-bond donors (Lipinski definition) is 2. The lowest BCUT2D eigenvalue weighted by Gasteiger charge is -2.14. The predicted molar refractivity (Wildman–Crippen MR) is 104 cm³/mol. The molecule has 26 heavy (non-hydrogen) atoms. The summed E-state index contributed by atoms with van der Waals surface area (Å²) < 4.78 is 26.3. The summed E-state index contributed by atoms with van der Waals surface area (Å²) in [7, 11) is -0.750. The van der Waals surface area contributed by atoms with Crippen molar-refractivity contribution in [1.82, 2.24) is 14.6 Å². The second-order valence-electron chi connectivity index (χ2n) is 6.00. The van der Waals surface area contributed by atoms with E-state index < -0.39 is 10.0 Å². The molecule has 0 radical (unpaired) electrons. The Hall–Kier alpha value is -2.16. The van der Waals surface area contributed by atoms with E-state index in [1.54, 1.807) is 12.1 Å². The van der Waals surface area contributed by atoms with E-state index >= 15 is 0 Å². The van der Waals surface area contributed by atoms with Crippen molar-refractivity contribution in [3.8, 4) is 0 Å². The molecule has 0 saturated carbocycles. The average molecular weight is 436 g/mol. The number of nitrogens with zero attached hydrogens (tertiary/aromatic N) is 1. The lowest BCUT2D eigenvalue weighted by Crippen LogP contribution is -2.25. The Balaban J connectivity index is 1.79. The highest BCUT2D eigenvalue weighted by molar-refractivity contribution is 9.10. The van der Waals surface area contributed by atoms with E-state index in [1.807, 2.05) is 30.3 Å². The van der Waals surface area contributed by atoms with Gasteiger partial charge in [0.25, 0.3) is 5.91 Å². The summed E-state index contributed by atoms with van der Waals surface area (Å²) in [5, 5.41) is 3.88. The van der Waals surface area contributed by atoms with Crippen LogP contribution in [0.5, 0.6) is 0 Å². The number of aromatic nitrogens is 1. The van der Waals surface area contributed by atoms with Gasteiger partial charge in [0.2, 0.25) is 10.0 Å². The van der Waals surface area contributed by atoms with E-state index in [0.717, 1.165) is 20.9 Å². The average Bonchev–Trinajstić information content (AvgIpc) is 3.02. The minimum atomic E-state index is -3.65. The van der Waals surface area contributed by atoms with Gasteiger partial charge in [0.1, 0.15) is 0 Å². The van der Waals surface area contributed by atoms with Crippen LogP contribution in [0.4, 0.5) is 0 Å². The first-order valence-electron chi connectivity index (χ1n) is 7.86. The van der Waals surface area contributed by atoms with Crippen LogP contribution in [0.15, 0.2) is 57.9 Å². The van der Waals surface area contributed by atoms with Crippen molar-refractivity contribution in [3.63, 3.8) is 0 Å². The molecule has 6 nitrogen and oxygen atoms in total. The Bertz CT molecular complexity index is 1040. The van der Waals surface area contributed by atoms with Crippen molar-refractivity contribution in [3.05, 3.63) is 64.3 Å². The Morgan fingerprint density at radius 1 is 1.15 bits per heavy atom. The zero-order valence-corrected chi connectivity index (χ0v) is 16.7. The van der Waals surface area contributed by atoms with Gasteiger partial charge < -0.3 is 10.3 Å². The van der Waals surface area contributed by atoms with Crippen LogP contribution in [0.25, 0.3) is 10.9 Å².